The molecule has 8 heteroatoms. The number of aromatic hydroxyl groups is 1. The number of Topliss-reactive ketones (excluding diaryl/α,β-unsaturated/α-hetero) is 1. The Hall–Kier alpha value is -4.04. The lowest BCUT2D eigenvalue weighted by Crippen LogP contribution is -2.29. The lowest BCUT2D eigenvalue weighted by Gasteiger charge is -2.23. The third-order valence-electron chi connectivity index (χ3n) is 5.52. The molecule has 1 aliphatic rings. The first-order chi connectivity index (χ1) is 15.8. The molecule has 164 valence electrons. The number of aromatic nitrogens is 1. The lowest BCUT2D eigenvalue weighted by molar-refractivity contribution is -0.132. The van der Waals surface area contributed by atoms with E-state index in [1.54, 1.807) is 36.4 Å². The molecule has 5 rings (SSSR count). The number of carbonyl (C=O) groups is 2. The van der Waals surface area contributed by atoms with E-state index >= 15 is 0 Å². The quantitative estimate of drug-likeness (QED) is 0.253. The minimum atomic E-state index is -0.975. The van der Waals surface area contributed by atoms with Gasteiger partial charge in [0.15, 0.2) is 5.13 Å². The Bertz CT molecular complexity index is 1440. The summed E-state index contributed by atoms with van der Waals surface area (Å²) in [6, 6.07) is 16.1. The topological polar surface area (TPSA) is 90.7 Å². The molecule has 4 aromatic rings. The van der Waals surface area contributed by atoms with Crippen molar-refractivity contribution in [2.75, 3.05) is 4.90 Å². The van der Waals surface area contributed by atoms with Crippen LogP contribution in [-0.2, 0) is 9.59 Å². The molecular weight excluding hydrogens is 443 g/mol. The van der Waals surface area contributed by atoms with Crippen molar-refractivity contribution >= 4 is 44.1 Å². The monoisotopic (exact) mass is 460 g/mol. The Labute approximate surface area is 191 Å². The van der Waals surface area contributed by atoms with Crippen LogP contribution in [0.5, 0.6) is 5.75 Å². The predicted octanol–water partition coefficient (Wildman–Crippen LogP) is 5.08. The van der Waals surface area contributed by atoms with Crippen molar-refractivity contribution in [3.63, 3.8) is 0 Å². The molecule has 1 fully saturated rings. The third kappa shape index (κ3) is 3.54. The van der Waals surface area contributed by atoms with Gasteiger partial charge in [-0.25, -0.2) is 9.37 Å². The molecule has 1 unspecified atom stereocenters. The normalized spacial score (nSPS) is 17.8. The smallest absolute Gasteiger partial charge is 0.301 e. The van der Waals surface area contributed by atoms with Crippen LogP contribution >= 0.6 is 11.3 Å². The van der Waals surface area contributed by atoms with Gasteiger partial charge in [0.2, 0.25) is 0 Å². The number of fused-ring (bicyclic) bond motifs is 1. The average Bonchev–Trinajstić information content (AvgIpc) is 3.32. The van der Waals surface area contributed by atoms with Crippen LogP contribution in [0.25, 0.3) is 16.0 Å². The molecule has 3 aromatic carbocycles. The number of halogens is 1. The zero-order valence-electron chi connectivity index (χ0n) is 17.3. The van der Waals surface area contributed by atoms with E-state index in [-0.39, 0.29) is 22.2 Å². The van der Waals surface area contributed by atoms with Crippen LogP contribution in [0.3, 0.4) is 0 Å². The molecule has 0 bridgehead atoms. The van der Waals surface area contributed by atoms with Gasteiger partial charge in [0.25, 0.3) is 5.78 Å². The summed E-state index contributed by atoms with van der Waals surface area (Å²) in [4.78, 5) is 32.0. The van der Waals surface area contributed by atoms with E-state index in [1.807, 2.05) is 6.92 Å². The molecule has 33 heavy (non-hydrogen) atoms. The first-order valence-corrected chi connectivity index (χ1v) is 10.9. The highest BCUT2D eigenvalue weighted by molar-refractivity contribution is 7.22. The summed E-state index contributed by atoms with van der Waals surface area (Å²) in [6.45, 7) is 1.90. The number of benzene rings is 3. The number of nitrogens with zero attached hydrogens (tertiary/aromatic N) is 2. The molecule has 0 saturated carbocycles. The van der Waals surface area contributed by atoms with Crippen molar-refractivity contribution in [2.24, 2.45) is 0 Å². The van der Waals surface area contributed by atoms with Crippen molar-refractivity contribution in [1.29, 1.82) is 0 Å². The summed E-state index contributed by atoms with van der Waals surface area (Å²) in [7, 11) is 0. The number of hydrogen-bond acceptors (Lipinski definition) is 6. The fourth-order valence-corrected chi connectivity index (χ4v) is 4.88. The summed E-state index contributed by atoms with van der Waals surface area (Å²) in [6.07, 6.45) is 0. The van der Waals surface area contributed by atoms with E-state index < -0.39 is 23.5 Å². The first kappa shape index (κ1) is 20.8. The minimum absolute atomic E-state index is 0.0182. The molecule has 2 N–H and O–H groups in total. The van der Waals surface area contributed by atoms with E-state index in [4.69, 9.17) is 0 Å². The van der Waals surface area contributed by atoms with Gasteiger partial charge < -0.3 is 10.2 Å². The highest BCUT2D eigenvalue weighted by Crippen LogP contribution is 2.44. The molecule has 1 amide bonds. The molecule has 0 spiro atoms. The zero-order valence-corrected chi connectivity index (χ0v) is 18.1. The first-order valence-electron chi connectivity index (χ1n) is 10.1. The molecule has 6 nitrogen and oxygen atoms in total. The average molecular weight is 460 g/mol. The third-order valence-corrected chi connectivity index (χ3v) is 6.54. The number of carbonyl (C=O) groups excluding carboxylic acids is 2. The van der Waals surface area contributed by atoms with Gasteiger partial charge in [0, 0.05) is 5.56 Å². The largest absolute Gasteiger partial charge is 0.508 e. The molecule has 0 aliphatic carbocycles. The number of phenols is 1. The summed E-state index contributed by atoms with van der Waals surface area (Å²) >= 11 is 1.08. The summed E-state index contributed by atoms with van der Waals surface area (Å²) in [5.74, 6) is -2.42. The molecule has 1 atom stereocenters. The van der Waals surface area contributed by atoms with Crippen molar-refractivity contribution in [1.82, 2.24) is 4.98 Å². The number of phenolic OH excluding ortho intramolecular Hbond substituents is 1. The second kappa shape index (κ2) is 7.83. The summed E-state index contributed by atoms with van der Waals surface area (Å²) in [5.41, 5.74) is 2.28. The van der Waals surface area contributed by atoms with Crippen molar-refractivity contribution in [3.8, 4) is 5.75 Å². The van der Waals surface area contributed by atoms with Gasteiger partial charge in [-0.05, 0) is 42.8 Å². The van der Waals surface area contributed by atoms with Crippen LogP contribution in [0.4, 0.5) is 9.52 Å². The number of amides is 1. The number of aryl methyl sites for hydroxylation is 1. The highest BCUT2D eigenvalue weighted by Gasteiger charge is 2.48. The van der Waals surface area contributed by atoms with Gasteiger partial charge in [-0.1, -0.05) is 53.3 Å². The molecule has 0 radical (unpaired) electrons. The maximum atomic E-state index is 13.7. The van der Waals surface area contributed by atoms with Crippen LogP contribution < -0.4 is 4.90 Å². The molecule has 1 aromatic heterocycles. The van der Waals surface area contributed by atoms with Crippen LogP contribution in [0.1, 0.15) is 22.7 Å². The maximum absolute atomic E-state index is 13.7. The Morgan fingerprint density at radius 1 is 1.03 bits per heavy atom. The summed E-state index contributed by atoms with van der Waals surface area (Å²) in [5, 5.41) is 21.0. The van der Waals surface area contributed by atoms with Crippen molar-refractivity contribution in [2.45, 2.75) is 13.0 Å². The summed E-state index contributed by atoms with van der Waals surface area (Å²) < 4.78 is 14.2. The SMILES string of the molecule is Cc1ccc(/C(O)=C2\C(=O)C(=O)N(c3nc4ccc(F)cc4s3)C2c2ccc(O)cc2)cc1. The second-order valence-corrected chi connectivity index (χ2v) is 8.74. The molecule has 1 aliphatic heterocycles. The molecule has 1 saturated heterocycles. The van der Waals surface area contributed by atoms with E-state index in [2.05, 4.69) is 4.98 Å². The van der Waals surface area contributed by atoms with Crippen LogP contribution in [-0.4, -0.2) is 26.9 Å². The lowest BCUT2D eigenvalue weighted by atomic mass is 9.95. The van der Waals surface area contributed by atoms with Crippen LogP contribution in [0.2, 0.25) is 0 Å². The van der Waals surface area contributed by atoms with E-state index in [1.165, 1.54) is 35.2 Å². The zero-order chi connectivity index (χ0) is 23.3. The van der Waals surface area contributed by atoms with Gasteiger partial charge in [-0.3, -0.25) is 14.5 Å². The number of hydrogen-bond donors (Lipinski definition) is 2. The number of rotatable bonds is 3. The second-order valence-electron chi connectivity index (χ2n) is 7.74. The maximum Gasteiger partial charge on any atom is 0.301 e. The van der Waals surface area contributed by atoms with Gasteiger partial charge in [0.1, 0.15) is 17.3 Å². The molecule has 2 heterocycles. The van der Waals surface area contributed by atoms with Crippen LogP contribution in [0.15, 0.2) is 72.3 Å². The Morgan fingerprint density at radius 2 is 1.73 bits per heavy atom. The number of aliphatic hydroxyl groups excluding tert-OH is 1. The standard InChI is InChI=1S/C25H17FN2O4S/c1-13-2-4-15(5-3-13)22(30)20-21(14-6-9-17(29)10-7-14)28(24(32)23(20)31)25-27-18-11-8-16(26)12-19(18)33-25/h2-12,21,29-30H,1H3/b22-20+. The van der Waals surface area contributed by atoms with Gasteiger partial charge >= 0.3 is 5.91 Å². The Kier molecular flexibility index (Phi) is 4.94. The Morgan fingerprint density at radius 3 is 2.42 bits per heavy atom. The van der Waals surface area contributed by atoms with E-state index in [9.17, 15) is 24.2 Å². The van der Waals surface area contributed by atoms with E-state index in [0.29, 0.717) is 21.3 Å². The number of thiazole rings is 1. The molecular formula is C25H17FN2O4S. The van der Waals surface area contributed by atoms with E-state index in [0.717, 1.165) is 16.9 Å². The fraction of sp³-hybridized carbons (Fsp3) is 0.0800. The van der Waals surface area contributed by atoms with Gasteiger partial charge in [-0.15, -0.1) is 0 Å². The highest BCUT2D eigenvalue weighted by atomic mass is 32.1. The Balaban J connectivity index is 1.73. The van der Waals surface area contributed by atoms with Gasteiger partial charge in [0.05, 0.1) is 21.8 Å². The van der Waals surface area contributed by atoms with Crippen LogP contribution in [0, 0.1) is 12.7 Å². The predicted molar refractivity (Wildman–Crippen MR) is 124 cm³/mol. The minimum Gasteiger partial charge on any atom is -0.508 e. The van der Waals surface area contributed by atoms with Crippen molar-refractivity contribution < 1.29 is 24.2 Å². The number of aliphatic hydroxyl groups is 1. The fourth-order valence-electron chi connectivity index (χ4n) is 3.86. The number of anilines is 1. The number of ketones is 1. The van der Waals surface area contributed by atoms with Gasteiger partial charge in [-0.2, -0.15) is 0 Å². The van der Waals surface area contributed by atoms with Crippen molar-refractivity contribution in [3.05, 3.63) is 94.8 Å².